The monoisotopic (exact) mass is 704 g/mol. The van der Waals surface area contributed by atoms with Crippen LogP contribution in [0.5, 0.6) is 5.75 Å². The SMILES string of the molecule is COCCN1CC(=O)N[C@@H](Cc2ccccc2)C(=O)N[C@@H]2CN(C(=O)[C@H]3CCC(=O)N3)C[C@H]2c2cccc(c2)OCC(=O)N[C@H](CC(C)C)C1=O. The summed E-state index contributed by atoms with van der Waals surface area (Å²) in [4.78, 5) is 83.3. The molecule has 2 saturated heterocycles. The Morgan fingerprint density at radius 1 is 0.902 bits per heavy atom. The second-order valence-electron chi connectivity index (χ2n) is 13.8. The van der Waals surface area contributed by atoms with E-state index in [1.54, 1.807) is 23.1 Å². The van der Waals surface area contributed by atoms with Crippen molar-refractivity contribution in [3.05, 3.63) is 65.7 Å². The molecule has 14 nitrogen and oxygen atoms in total. The molecule has 3 heterocycles. The highest BCUT2D eigenvalue weighted by Crippen LogP contribution is 2.31. The van der Waals surface area contributed by atoms with Crippen LogP contribution in [0.1, 0.15) is 50.2 Å². The molecule has 2 bridgehead atoms. The van der Waals surface area contributed by atoms with Gasteiger partial charge in [-0.25, -0.2) is 0 Å². The van der Waals surface area contributed by atoms with Gasteiger partial charge in [0.1, 0.15) is 23.9 Å². The van der Waals surface area contributed by atoms with Gasteiger partial charge in [-0.05, 0) is 42.0 Å². The van der Waals surface area contributed by atoms with Gasteiger partial charge < -0.3 is 40.5 Å². The van der Waals surface area contributed by atoms with Crippen molar-refractivity contribution in [3.63, 3.8) is 0 Å². The van der Waals surface area contributed by atoms with Crippen molar-refractivity contribution in [1.29, 1.82) is 0 Å². The van der Waals surface area contributed by atoms with E-state index in [1.807, 2.05) is 50.2 Å². The highest BCUT2D eigenvalue weighted by molar-refractivity contribution is 5.93. The van der Waals surface area contributed by atoms with E-state index in [0.717, 1.165) is 11.1 Å². The molecule has 0 radical (unpaired) electrons. The van der Waals surface area contributed by atoms with E-state index in [9.17, 15) is 28.8 Å². The number of benzene rings is 2. The van der Waals surface area contributed by atoms with Crippen molar-refractivity contribution in [2.45, 2.75) is 69.6 Å². The molecule has 3 aliphatic rings. The highest BCUT2D eigenvalue weighted by Gasteiger charge is 2.41. The largest absolute Gasteiger partial charge is 0.484 e. The first-order valence-corrected chi connectivity index (χ1v) is 17.5. The molecule has 5 atom stereocenters. The molecule has 2 aromatic carbocycles. The standard InChI is InChI=1S/C37H48N6O8/c1-23(2)16-30-37(49)42(14-15-50-3)21-33(45)39-29(17-24-8-5-4-6-9-24)35(47)41-31-20-43(36(48)28-12-13-32(44)38-28)19-27(31)25-10-7-11-26(18-25)51-22-34(46)40-30/h4-11,18,23,27-31H,12-17,19-22H2,1-3H3,(H,38,44)(H,39,45)(H,40,46)(H,41,47)/t27-,28+,29-,30+,31+/m0/s1. The van der Waals surface area contributed by atoms with Gasteiger partial charge in [-0.15, -0.1) is 0 Å². The molecular weight excluding hydrogens is 656 g/mol. The Morgan fingerprint density at radius 2 is 1.67 bits per heavy atom. The normalized spacial score (nSPS) is 24.9. The van der Waals surface area contributed by atoms with Crippen LogP contribution in [0.4, 0.5) is 0 Å². The molecule has 3 aliphatic heterocycles. The summed E-state index contributed by atoms with van der Waals surface area (Å²) in [7, 11) is 1.49. The lowest BCUT2D eigenvalue weighted by Crippen LogP contribution is -2.56. The fourth-order valence-corrected chi connectivity index (χ4v) is 6.84. The van der Waals surface area contributed by atoms with Crippen LogP contribution in [0, 0.1) is 5.92 Å². The van der Waals surface area contributed by atoms with Crippen LogP contribution in [-0.2, 0) is 39.9 Å². The van der Waals surface area contributed by atoms with E-state index < -0.39 is 47.8 Å². The molecule has 0 unspecified atom stereocenters. The lowest BCUT2D eigenvalue weighted by atomic mass is 9.93. The Hall–Kier alpha value is -4.98. The van der Waals surface area contributed by atoms with Gasteiger partial charge in [-0.3, -0.25) is 28.8 Å². The molecule has 274 valence electrons. The van der Waals surface area contributed by atoms with Crippen molar-refractivity contribution in [3.8, 4) is 5.75 Å². The Morgan fingerprint density at radius 3 is 2.37 bits per heavy atom. The first-order valence-electron chi connectivity index (χ1n) is 17.5. The van der Waals surface area contributed by atoms with Gasteiger partial charge in [0.15, 0.2) is 6.61 Å². The van der Waals surface area contributed by atoms with Crippen LogP contribution >= 0.6 is 0 Å². The summed E-state index contributed by atoms with van der Waals surface area (Å²) < 4.78 is 11.1. The summed E-state index contributed by atoms with van der Waals surface area (Å²) in [6.07, 6.45) is 1.17. The van der Waals surface area contributed by atoms with E-state index in [2.05, 4.69) is 21.3 Å². The Kier molecular flexibility index (Phi) is 12.6. The van der Waals surface area contributed by atoms with Gasteiger partial charge in [-0.1, -0.05) is 56.3 Å². The van der Waals surface area contributed by atoms with Crippen LogP contribution < -0.4 is 26.0 Å². The third-order valence-electron chi connectivity index (χ3n) is 9.40. The molecule has 0 aromatic heterocycles. The summed E-state index contributed by atoms with van der Waals surface area (Å²) in [5.41, 5.74) is 1.59. The number of ether oxygens (including phenoxy) is 2. The number of amides is 6. The molecule has 51 heavy (non-hydrogen) atoms. The molecule has 2 fully saturated rings. The van der Waals surface area contributed by atoms with E-state index in [-0.39, 0.29) is 75.9 Å². The number of carbonyl (C=O) groups excluding carboxylic acids is 6. The minimum atomic E-state index is -1.02. The second-order valence-corrected chi connectivity index (χ2v) is 13.8. The summed E-state index contributed by atoms with van der Waals surface area (Å²) in [6.45, 7) is 3.82. The van der Waals surface area contributed by atoms with Gasteiger partial charge in [0, 0.05) is 45.5 Å². The highest BCUT2D eigenvalue weighted by atomic mass is 16.5. The van der Waals surface area contributed by atoms with Crippen molar-refractivity contribution < 1.29 is 38.2 Å². The number of nitrogens with one attached hydrogen (secondary N) is 4. The molecule has 2 aromatic rings. The average molecular weight is 705 g/mol. The molecule has 14 heteroatoms. The van der Waals surface area contributed by atoms with Crippen molar-refractivity contribution in [1.82, 2.24) is 31.1 Å². The van der Waals surface area contributed by atoms with E-state index in [4.69, 9.17) is 9.47 Å². The fourth-order valence-electron chi connectivity index (χ4n) is 6.84. The smallest absolute Gasteiger partial charge is 0.258 e. The Labute approximate surface area is 298 Å². The minimum Gasteiger partial charge on any atom is -0.484 e. The zero-order valence-corrected chi connectivity index (χ0v) is 29.4. The van der Waals surface area contributed by atoms with E-state index in [0.29, 0.717) is 18.6 Å². The minimum absolute atomic E-state index is 0.0440. The van der Waals surface area contributed by atoms with Crippen LogP contribution in [0.2, 0.25) is 0 Å². The summed E-state index contributed by atoms with van der Waals surface area (Å²) >= 11 is 0. The number of fused-ring (bicyclic) bond motifs is 4. The topological polar surface area (TPSA) is 175 Å². The van der Waals surface area contributed by atoms with Crippen LogP contribution in [0.15, 0.2) is 54.6 Å². The first-order chi connectivity index (χ1) is 24.5. The number of methoxy groups -OCH3 is 1. The molecule has 0 aliphatic carbocycles. The van der Waals surface area contributed by atoms with Gasteiger partial charge in [0.2, 0.25) is 29.5 Å². The summed E-state index contributed by atoms with van der Waals surface area (Å²) in [5, 5.41) is 11.5. The van der Waals surface area contributed by atoms with Crippen LogP contribution in [0.25, 0.3) is 0 Å². The average Bonchev–Trinajstić information content (AvgIpc) is 3.74. The number of nitrogens with zero attached hydrogens (tertiary/aromatic N) is 2. The number of carbonyl (C=O) groups is 6. The van der Waals surface area contributed by atoms with Gasteiger partial charge in [0.05, 0.1) is 19.2 Å². The van der Waals surface area contributed by atoms with Crippen molar-refractivity contribution in [2.75, 3.05) is 46.5 Å². The van der Waals surface area contributed by atoms with Crippen LogP contribution in [-0.4, -0.2) is 116 Å². The molecule has 0 saturated carbocycles. The second kappa shape index (κ2) is 17.3. The summed E-state index contributed by atoms with van der Waals surface area (Å²) in [5.74, 6) is -2.27. The zero-order chi connectivity index (χ0) is 36.5. The van der Waals surface area contributed by atoms with E-state index >= 15 is 0 Å². The number of hydrogen-bond donors (Lipinski definition) is 4. The lowest BCUT2D eigenvalue weighted by Gasteiger charge is -2.29. The number of likely N-dealkylation sites (tertiary alicyclic amines) is 1. The van der Waals surface area contributed by atoms with E-state index in [1.165, 1.54) is 12.0 Å². The van der Waals surface area contributed by atoms with Crippen LogP contribution in [0.3, 0.4) is 0 Å². The summed E-state index contributed by atoms with van der Waals surface area (Å²) in [6, 6.07) is 13.3. The Balaban J connectivity index is 1.49. The zero-order valence-electron chi connectivity index (χ0n) is 29.4. The molecule has 6 amide bonds. The van der Waals surface area contributed by atoms with Crippen molar-refractivity contribution in [2.24, 2.45) is 5.92 Å². The van der Waals surface area contributed by atoms with Gasteiger partial charge >= 0.3 is 0 Å². The maximum atomic E-state index is 14.2. The molecular formula is C37H48N6O8. The molecule has 4 N–H and O–H groups in total. The number of hydrogen-bond acceptors (Lipinski definition) is 8. The molecule has 5 rings (SSSR count). The van der Waals surface area contributed by atoms with Gasteiger partial charge in [-0.2, -0.15) is 0 Å². The maximum absolute atomic E-state index is 14.2. The Bertz CT molecular complexity index is 1590. The third-order valence-corrected chi connectivity index (χ3v) is 9.40. The van der Waals surface area contributed by atoms with Crippen molar-refractivity contribution >= 4 is 35.4 Å². The lowest BCUT2D eigenvalue weighted by molar-refractivity contribution is -0.141. The third kappa shape index (κ3) is 10.1. The predicted octanol–water partition coefficient (Wildman–Crippen LogP) is 0.502. The predicted molar refractivity (Wildman–Crippen MR) is 186 cm³/mol. The number of rotatable bonds is 8. The first kappa shape index (κ1) is 37.3. The van der Waals surface area contributed by atoms with Gasteiger partial charge in [0.25, 0.3) is 5.91 Å². The molecule has 0 spiro atoms. The maximum Gasteiger partial charge on any atom is 0.258 e. The quantitative estimate of drug-likeness (QED) is 0.307. The fraction of sp³-hybridized carbons (Fsp3) is 0.514.